The lowest BCUT2D eigenvalue weighted by atomic mass is 9.81. The van der Waals surface area contributed by atoms with Gasteiger partial charge in [0, 0.05) is 17.3 Å². The lowest BCUT2D eigenvalue weighted by molar-refractivity contribution is 0.331. The maximum absolute atomic E-state index is 3.91. The van der Waals surface area contributed by atoms with Crippen molar-refractivity contribution in [3.8, 4) is 0 Å². The third-order valence-electron chi connectivity index (χ3n) is 5.66. The summed E-state index contributed by atoms with van der Waals surface area (Å²) < 4.78 is 0.552. The van der Waals surface area contributed by atoms with Gasteiger partial charge in [-0.25, -0.2) is 0 Å². The van der Waals surface area contributed by atoms with Gasteiger partial charge < -0.3 is 5.32 Å². The lowest BCUT2D eigenvalue weighted by Gasteiger charge is -2.34. The van der Waals surface area contributed by atoms with Crippen LogP contribution < -0.4 is 5.32 Å². The normalized spacial score (nSPS) is 28.6. The van der Waals surface area contributed by atoms with Gasteiger partial charge in [0.15, 0.2) is 0 Å². The van der Waals surface area contributed by atoms with Crippen LogP contribution in [0.3, 0.4) is 0 Å². The SMILES string of the molecule is CSC1(CNC2CCC(c3ccccc3)CC2)CCCC1. The average Bonchev–Trinajstić information content (AvgIpc) is 3.04. The molecule has 2 aliphatic carbocycles. The first-order chi connectivity index (χ1) is 10.3. The fourth-order valence-corrected chi connectivity index (χ4v) is 5.08. The highest BCUT2D eigenvalue weighted by Crippen LogP contribution is 2.40. The third kappa shape index (κ3) is 3.84. The Morgan fingerprint density at radius 3 is 2.33 bits per heavy atom. The zero-order chi connectivity index (χ0) is 14.5. The van der Waals surface area contributed by atoms with E-state index in [0.717, 1.165) is 12.0 Å². The van der Waals surface area contributed by atoms with E-state index in [1.165, 1.54) is 57.9 Å². The summed E-state index contributed by atoms with van der Waals surface area (Å²) >= 11 is 2.10. The molecule has 2 aliphatic rings. The van der Waals surface area contributed by atoms with Gasteiger partial charge in [-0.05, 0) is 56.3 Å². The van der Waals surface area contributed by atoms with E-state index in [1.54, 1.807) is 5.56 Å². The van der Waals surface area contributed by atoms with E-state index in [9.17, 15) is 0 Å². The molecule has 1 nitrogen and oxygen atoms in total. The predicted molar refractivity (Wildman–Crippen MR) is 94.2 cm³/mol. The number of thioether (sulfide) groups is 1. The van der Waals surface area contributed by atoms with Crippen LogP contribution in [0.4, 0.5) is 0 Å². The highest BCUT2D eigenvalue weighted by molar-refractivity contribution is 8.00. The van der Waals surface area contributed by atoms with E-state index in [0.29, 0.717) is 4.75 Å². The summed E-state index contributed by atoms with van der Waals surface area (Å²) in [6.07, 6.45) is 13.4. The van der Waals surface area contributed by atoms with Crippen LogP contribution in [0, 0.1) is 0 Å². The second-order valence-corrected chi connectivity index (χ2v) is 8.21. The fourth-order valence-electron chi connectivity index (χ4n) is 4.16. The Bertz CT molecular complexity index is 416. The molecule has 1 aromatic rings. The van der Waals surface area contributed by atoms with Gasteiger partial charge >= 0.3 is 0 Å². The molecule has 0 amide bonds. The molecule has 21 heavy (non-hydrogen) atoms. The first-order valence-electron chi connectivity index (χ1n) is 8.65. The van der Waals surface area contributed by atoms with E-state index in [4.69, 9.17) is 0 Å². The second kappa shape index (κ2) is 7.19. The fraction of sp³-hybridized carbons (Fsp3) is 0.684. The maximum atomic E-state index is 3.91. The minimum Gasteiger partial charge on any atom is -0.313 e. The summed E-state index contributed by atoms with van der Waals surface area (Å²) in [5.41, 5.74) is 1.55. The summed E-state index contributed by atoms with van der Waals surface area (Å²) in [6, 6.07) is 11.9. The Morgan fingerprint density at radius 2 is 1.71 bits per heavy atom. The number of benzene rings is 1. The van der Waals surface area contributed by atoms with Crippen molar-refractivity contribution in [2.75, 3.05) is 12.8 Å². The highest BCUT2D eigenvalue weighted by Gasteiger charge is 2.33. The van der Waals surface area contributed by atoms with Crippen molar-refractivity contribution in [2.24, 2.45) is 0 Å². The van der Waals surface area contributed by atoms with Crippen LogP contribution >= 0.6 is 11.8 Å². The van der Waals surface area contributed by atoms with Crippen LogP contribution in [-0.2, 0) is 0 Å². The molecule has 0 aliphatic heterocycles. The van der Waals surface area contributed by atoms with Gasteiger partial charge in [-0.1, -0.05) is 43.2 Å². The molecule has 2 heteroatoms. The Hall–Kier alpha value is -0.470. The van der Waals surface area contributed by atoms with Crippen LogP contribution in [0.25, 0.3) is 0 Å². The van der Waals surface area contributed by atoms with Gasteiger partial charge in [0.2, 0.25) is 0 Å². The number of hydrogen-bond acceptors (Lipinski definition) is 2. The third-order valence-corrected chi connectivity index (χ3v) is 7.08. The van der Waals surface area contributed by atoms with Crippen LogP contribution in [0.2, 0.25) is 0 Å². The molecule has 2 saturated carbocycles. The molecule has 1 aromatic carbocycles. The first-order valence-corrected chi connectivity index (χ1v) is 9.87. The Morgan fingerprint density at radius 1 is 1.05 bits per heavy atom. The van der Waals surface area contributed by atoms with E-state index in [2.05, 4.69) is 53.7 Å². The Labute approximate surface area is 134 Å². The van der Waals surface area contributed by atoms with Gasteiger partial charge in [-0.15, -0.1) is 0 Å². The molecular formula is C19H29NS. The number of nitrogens with one attached hydrogen (secondary N) is 1. The summed E-state index contributed by atoms with van der Waals surface area (Å²) in [6.45, 7) is 1.23. The molecule has 0 spiro atoms. The van der Waals surface area contributed by atoms with E-state index in [1.807, 2.05) is 0 Å². The minimum atomic E-state index is 0.552. The number of rotatable bonds is 5. The zero-order valence-corrected chi connectivity index (χ0v) is 14.1. The Kier molecular flexibility index (Phi) is 5.29. The summed E-state index contributed by atoms with van der Waals surface area (Å²) in [7, 11) is 0. The van der Waals surface area contributed by atoms with Gasteiger partial charge in [0.1, 0.15) is 0 Å². The second-order valence-electron chi connectivity index (χ2n) is 6.93. The molecule has 0 atom stereocenters. The van der Waals surface area contributed by atoms with Crippen LogP contribution in [-0.4, -0.2) is 23.6 Å². The van der Waals surface area contributed by atoms with Gasteiger partial charge in [-0.2, -0.15) is 11.8 Å². The molecule has 0 aromatic heterocycles. The van der Waals surface area contributed by atoms with Crippen LogP contribution in [0.1, 0.15) is 62.8 Å². The van der Waals surface area contributed by atoms with Crippen molar-refractivity contribution < 1.29 is 0 Å². The summed E-state index contributed by atoms with van der Waals surface area (Å²) in [4.78, 5) is 0. The molecule has 0 bridgehead atoms. The molecule has 1 N–H and O–H groups in total. The van der Waals surface area contributed by atoms with E-state index >= 15 is 0 Å². The summed E-state index contributed by atoms with van der Waals surface area (Å²) in [5.74, 6) is 0.797. The first kappa shape index (κ1) is 15.4. The predicted octanol–water partition coefficient (Wildman–Crippen LogP) is 4.98. The standard InChI is InChI=1S/C19H29NS/c1-21-19(13-5-6-14-19)15-20-18-11-9-17(10-12-18)16-7-3-2-4-8-16/h2-4,7-8,17-18,20H,5-6,9-15H2,1H3. The molecule has 0 radical (unpaired) electrons. The smallest absolute Gasteiger partial charge is 0.0281 e. The molecular weight excluding hydrogens is 274 g/mol. The van der Waals surface area contributed by atoms with E-state index < -0.39 is 0 Å². The monoisotopic (exact) mass is 303 g/mol. The van der Waals surface area contributed by atoms with Gasteiger partial charge in [0.25, 0.3) is 0 Å². The van der Waals surface area contributed by atoms with Crippen molar-refractivity contribution in [3.05, 3.63) is 35.9 Å². The molecule has 0 heterocycles. The number of hydrogen-bond donors (Lipinski definition) is 1. The van der Waals surface area contributed by atoms with Crippen molar-refractivity contribution in [1.82, 2.24) is 5.32 Å². The molecule has 0 unspecified atom stereocenters. The maximum Gasteiger partial charge on any atom is 0.0281 e. The van der Waals surface area contributed by atoms with Gasteiger partial charge in [0.05, 0.1) is 0 Å². The van der Waals surface area contributed by atoms with Crippen molar-refractivity contribution >= 4 is 11.8 Å². The van der Waals surface area contributed by atoms with Crippen molar-refractivity contribution in [1.29, 1.82) is 0 Å². The van der Waals surface area contributed by atoms with Crippen molar-refractivity contribution in [3.63, 3.8) is 0 Å². The van der Waals surface area contributed by atoms with Crippen molar-refractivity contribution in [2.45, 2.75) is 68.1 Å². The molecule has 116 valence electrons. The zero-order valence-electron chi connectivity index (χ0n) is 13.3. The summed E-state index contributed by atoms with van der Waals surface area (Å²) in [5, 5.41) is 3.91. The molecule has 0 saturated heterocycles. The van der Waals surface area contributed by atoms with Crippen LogP contribution in [0.5, 0.6) is 0 Å². The molecule has 2 fully saturated rings. The largest absolute Gasteiger partial charge is 0.313 e. The average molecular weight is 304 g/mol. The molecule has 3 rings (SSSR count). The Balaban J connectivity index is 1.46. The van der Waals surface area contributed by atoms with Gasteiger partial charge in [-0.3, -0.25) is 0 Å². The lowest BCUT2D eigenvalue weighted by Crippen LogP contribution is -2.42. The topological polar surface area (TPSA) is 12.0 Å². The van der Waals surface area contributed by atoms with E-state index in [-0.39, 0.29) is 0 Å². The highest BCUT2D eigenvalue weighted by atomic mass is 32.2. The quantitative estimate of drug-likeness (QED) is 0.823. The van der Waals surface area contributed by atoms with Crippen LogP contribution in [0.15, 0.2) is 30.3 Å². The minimum absolute atomic E-state index is 0.552.